The van der Waals surface area contributed by atoms with Crippen molar-refractivity contribution in [3.63, 3.8) is 0 Å². The first-order valence-electron chi connectivity index (χ1n) is 6.32. The number of hydrogen-bond acceptors (Lipinski definition) is 3. The molecule has 102 valence electrons. The van der Waals surface area contributed by atoms with E-state index in [0.29, 0.717) is 13.0 Å². The fraction of sp³-hybridized carbons (Fsp3) is 0.429. The lowest BCUT2D eigenvalue weighted by Gasteiger charge is -2.25. The Morgan fingerprint density at radius 3 is 2.95 bits per heavy atom. The Kier molecular flexibility index (Phi) is 4.04. The summed E-state index contributed by atoms with van der Waals surface area (Å²) in [6, 6.07) is 7.45. The zero-order valence-electron chi connectivity index (χ0n) is 10.8. The van der Waals surface area contributed by atoms with Crippen LogP contribution in [0.1, 0.15) is 24.8 Å². The van der Waals surface area contributed by atoms with Crippen molar-refractivity contribution in [3.05, 3.63) is 29.8 Å². The predicted octanol–water partition coefficient (Wildman–Crippen LogP) is 1.39. The number of nitrogens with one attached hydrogen (secondary N) is 1. The normalized spacial score (nSPS) is 18.9. The van der Waals surface area contributed by atoms with E-state index in [9.17, 15) is 9.59 Å². The first-order valence-corrected chi connectivity index (χ1v) is 6.32. The Balaban J connectivity index is 2.03. The van der Waals surface area contributed by atoms with Crippen LogP contribution < -0.4 is 10.1 Å². The quantitative estimate of drug-likeness (QED) is 0.860. The maximum absolute atomic E-state index is 12.1. The van der Waals surface area contributed by atoms with E-state index in [2.05, 4.69) is 5.32 Å². The van der Waals surface area contributed by atoms with Crippen molar-refractivity contribution in [2.75, 3.05) is 13.2 Å². The van der Waals surface area contributed by atoms with Gasteiger partial charge in [0.15, 0.2) is 0 Å². The highest BCUT2D eigenvalue weighted by Gasteiger charge is 2.27. The molecule has 0 aliphatic carbocycles. The lowest BCUT2D eigenvalue weighted by molar-refractivity contribution is -0.141. The molecule has 0 radical (unpaired) electrons. The van der Waals surface area contributed by atoms with Crippen LogP contribution in [0, 0.1) is 5.92 Å². The van der Waals surface area contributed by atoms with Crippen molar-refractivity contribution in [2.24, 2.45) is 5.92 Å². The number of rotatable bonds is 4. The van der Waals surface area contributed by atoms with Gasteiger partial charge >= 0.3 is 5.97 Å². The second-order valence-electron chi connectivity index (χ2n) is 4.71. The molecule has 0 saturated carbocycles. The second kappa shape index (κ2) is 5.73. The summed E-state index contributed by atoms with van der Waals surface area (Å²) < 4.78 is 5.49. The fourth-order valence-electron chi connectivity index (χ4n) is 2.08. The van der Waals surface area contributed by atoms with Gasteiger partial charge in [-0.15, -0.1) is 0 Å². The zero-order valence-corrected chi connectivity index (χ0v) is 10.8. The molecule has 1 aromatic carbocycles. The highest BCUT2D eigenvalue weighted by molar-refractivity contribution is 5.85. The van der Waals surface area contributed by atoms with Crippen LogP contribution in [0.25, 0.3) is 0 Å². The minimum Gasteiger partial charge on any atom is -0.493 e. The maximum atomic E-state index is 12.1. The van der Waals surface area contributed by atoms with Gasteiger partial charge < -0.3 is 15.2 Å². The van der Waals surface area contributed by atoms with Gasteiger partial charge in [0.1, 0.15) is 5.75 Å². The summed E-state index contributed by atoms with van der Waals surface area (Å²) in [6.45, 7) is 2.22. The molecule has 0 fully saturated rings. The van der Waals surface area contributed by atoms with Crippen LogP contribution in [-0.4, -0.2) is 30.1 Å². The first-order chi connectivity index (χ1) is 9.09. The molecule has 0 bridgehead atoms. The molecule has 0 spiro atoms. The van der Waals surface area contributed by atoms with Crippen LogP contribution in [0.3, 0.4) is 0 Å². The number of fused-ring (bicyclic) bond motifs is 1. The molecule has 5 nitrogen and oxygen atoms in total. The standard InChI is InChI=1S/C14H17NO4/c1-9(14(17)18)8-15-13(16)11-6-7-19-12-5-3-2-4-10(11)12/h2-5,9,11H,6-8H2,1H3,(H,15,16)(H,17,18). The number of carbonyl (C=O) groups is 2. The number of benzene rings is 1. The topological polar surface area (TPSA) is 75.6 Å². The molecule has 0 saturated heterocycles. The molecule has 2 atom stereocenters. The van der Waals surface area contributed by atoms with Crippen molar-refractivity contribution in [3.8, 4) is 5.75 Å². The van der Waals surface area contributed by atoms with Crippen molar-refractivity contribution >= 4 is 11.9 Å². The SMILES string of the molecule is CC(CNC(=O)C1CCOc2ccccc21)C(=O)O. The Morgan fingerprint density at radius 1 is 1.47 bits per heavy atom. The first kappa shape index (κ1) is 13.4. The fourth-order valence-corrected chi connectivity index (χ4v) is 2.08. The lowest BCUT2D eigenvalue weighted by Crippen LogP contribution is -2.36. The van der Waals surface area contributed by atoms with Gasteiger partial charge in [0.2, 0.25) is 5.91 Å². The molecule has 2 unspecified atom stereocenters. The largest absolute Gasteiger partial charge is 0.493 e. The number of ether oxygens (including phenoxy) is 1. The molecule has 1 aromatic rings. The summed E-state index contributed by atoms with van der Waals surface area (Å²) in [5.41, 5.74) is 0.870. The van der Waals surface area contributed by atoms with Crippen LogP contribution in [0.2, 0.25) is 0 Å². The van der Waals surface area contributed by atoms with E-state index in [0.717, 1.165) is 11.3 Å². The maximum Gasteiger partial charge on any atom is 0.308 e. The monoisotopic (exact) mass is 263 g/mol. The van der Waals surface area contributed by atoms with Crippen LogP contribution in [0.5, 0.6) is 5.75 Å². The molecular formula is C14H17NO4. The van der Waals surface area contributed by atoms with Crippen LogP contribution in [0.15, 0.2) is 24.3 Å². The van der Waals surface area contributed by atoms with E-state index in [-0.39, 0.29) is 18.4 Å². The number of carbonyl (C=O) groups excluding carboxylic acids is 1. The molecule has 1 aliphatic heterocycles. The summed E-state index contributed by atoms with van der Waals surface area (Å²) in [5.74, 6) is -1.15. The van der Waals surface area contributed by atoms with Crippen molar-refractivity contribution < 1.29 is 19.4 Å². The highest BCUT2D eigenvalue weighted by atomic mass is 16.5. The number of para-hydroxylation sites is 1. The zero-order chi connectivity index (χ0) is 13.8. The van der Waals surface area contributed by atoms with E-state index < -0.39 is 11.9 Å². The smallest absolute Gasteiger partial charge is 0.308 e. The Bertz CT molecular complexity index is 486. The van der Waals surface area contributed by atoms with E-state index in [4.69, 9.17) is 9.84 Å². The second-order valence-corrected chi connectivity index (χ2v) is 4.71. The minimum absolute atomic E-state index is 0.135. The summed E-state index contributed by atoms with van der Waals surface area (Å²) in [7, 11) is 0. The average Bonchev–Trinajstić information content (AvgIpc) is 2.43. The molecule has 1 aliphatic rings. The average molecular weight is 263 g/mol. The summed E-state index contributed by atoms with van der Waals surface area (Å²) in [6.07, 6.45) is 0.615. The van der Waals surface area contributed by atoms with Gasteiger partial charge in [-0.25, -0.2) is 0 Å². The van der Waals surface area contributed by atoms with Gasteiger partial charge in [-0.05, 0) is 12.5 Å². The molecule has 2 N–H and O–H groups in total. The van der Waals surface area contributed by atoms with E-state index >= 15 is 0 Å². The molecule has 19 heavy (non-hydrogen) atoms. The molecule has 1 amide bonds. The van der Waals surface area contributed by atoms with Crippen LogP contribution in [-0.2, 0) is 9.59 Å². The molecule has 0 aromatic heterocycles. The van der Waals surface area contributed by atoms with E-state index in [1.54, 1.807) is 6.92 Å². The van der Waals surface area contributed by atoms with E-state index in [1.165, 1.54) is 0 Å². The van der Waals surface area contributed by atoms with Gasteiger partial charge in [0.05, 0.1) is 18.4 Å². The number of aliphatic carboxylic acids is 1. The Hall–Kier alpha value is -2.04. The number of carboxylic acids is 1. The number of carboxylic acid groups (broad SMARTS) is 1. The predicted molar refractivity (Wildman–Crippen MR) is 69.1 cm³/mol. The van der Waals surface area contributed by atoms with Gasteiger partial charge in [0, 0.05) is 12.1 Å². The number of hydrogen-bond donors (Lipinski definition) is 2. The Morgan fingerprint density at radius 2 is 2.21 bits per heavy atom. The highest BCUT2D eigenvalue weighted by Crippen LogP contribution is 2.33. The van der Waals surface area contributed by atoms with Gasteiger partial charge in [-0.1, -0.05) is 25.1 Å². The molecule has 2 rings (SSSR count). The third kappa shape index (κ3) is 3.05. The number of amides is 1. The van der Waals surface area contributed by atoms with Crippen molar-refractivity contribution in [1.82, 2.24) is 5.32 Å². The van der Waals surface area contributed by atoms with Gasteiger partial charge in [-0.3, -0.25) is 9.59 Å². The van der Waals surface area contributed by atoms with Crippen molar-refractivity contribution in [1.29, 1.82) is 0 Å². The summed E-state index contributed by atoms with van der Waals surface area (Å²) in [5, 5.41) is 11.5. The summed E-state index contributed by atoms with van der Waals surface area (Å²) >= 11 is 0. The third-order valence-corrected chi connectivity index (χ3v) is 3.28. The molecule has 5 heteroatoms. The Labute approximate surface area is 111 Å². The van der Waals surface area contributed by atoms with Gasteiger partial charge in [-0.2, -0.15) is 0 Å². The molecular weight excluding hydrogens is 246 g/mol. The van der Waals surface area contributed by atoms with Crippen LogP contribution >= 0.6 is 0 Å². The minimum atomic E-state index is -0.910. The van der Waals surface area contributed by atoms with Crippen molar-refractivity contribution in [2.45, 2.75) is 19.3 Å². The lowest BCUT2D eigenvalue weighted by atomic mass is 9.92. The van der Waals surface area contributed by atoms with Crippen LogP contribution in [0.4, 0.5) is 0 Å². The van der Waals surface area contributed by atoms with E-state index in [1.807, 2.05) is 24.3 Å². The molecule has 1 heterocycles. The van der Waals surface area contributed by atoms with Gasteiger partial charge in [0.25, 0.3) is 0 Å². The summed E-state index contributed by atoms with van der Waals surface area (Å²) in [4.78, 5) is 22.8. The third-order valence-electron chi connectivity index (χ3n) is 3.28.